The second kappa shape index (κ2) is 10.1. The van der Waals surface area contributed by atoms with Gasteiger partial charge in [-0.05, 0) is 12.7 Å². The van der Waals surface area contributed by atoms with Crippen molar-refractivity contribution in [3.05, 3.63) is 0 Å². The van der Waals surface area contributed by atoms with Gasteiger partial charge in [-0.15, -0.1) is 0 Å². The van der Waals surface area contributed by atoms with Crippen LogP contribution >= 0.6 is 11.8 Å². The number of thioether (sulfide) groups is 1. The van der Waals surface area contributed by atoms with Gasteiger partial charge in [0.25, 0.3) is 0 Å². The Morgan fingerprint density at radius 2 is 2.12 bits per heavy atom. The van der Waals surface area contributed by atoms with Crippen LogP contribution in [0.2, 0.25) is 0 Å². The molecule has 1 atom stereocenters. The second-order valence-corrected chi connectivity index (χ2v) is 8.78. The van der Waals surface area contributed by atoms with E-state index in [4.69, 9.17) is 0 Å². The molecule has 24 heavy (non-hydrogen) atoms. The number of sulfonamides is 1. The van der Waals surface area contributed by atoms with Crippen LogP contribution in [0.15, 0.2) is 4.99 Å². The van der Waals surface area contributed by atoms with Gasteiger partial charge in [-0.25, -0.2) is 18.1 Å². The third-order valence-electron chi connectivity index (χ3n) is 3.68. The van der Waals surface area contributed by atoms with E-state index >= 15 is 0 Å². The Morgan fingerprint density at radius 1 is 1.42 bits per heavy atom. The summed E-state index contributed by atoms with van der Waals surface area (Å²) in [6, 6.07) is 0. The van der Waals surface area contributed by atoms with Crippen LogP contribution in [0, 0.1) is 0 Å². The fourth-order valence-corrected chi connectivity index (χ4v) is 4.05. The third kappa shape index (κ3) is 6.48. The number of carbonyl (C=O) groups excluding carboxylic acids is 1. The predicted molar refractivity (Wildman–Crippen MR) is 100.0 cm³/mol. The van der Waals surface area contributed by atoms with Crippen LogP contribution in [0.3, 0.4) is 0 Å². The summed E-state index contributed by atoms with van der Waals surface area (Å²) in [5, 5.41) is 2.78. The molecule has 0 aromatic heterocycles. The molecule has 0 aromatic rings. The van der Waals surface area contributed by atoms with Gasteiger partial charge in [0.1, 0.15) is 6.54 Å². The Labute approximate surface area is 149 Å². The Hall–Kier alpha value is -1.00. The lowest BCUT2D eigenvalue weighted by Crippen LogP contribution is -2.43. The highest BCUT2D eigenvalue weighted by Crippen LogP contribution is 2.16. The molecule has 0 saturated carbocycles. The maximum atomic E-state index is 12.2. The van der Waals surface area contributed by atoms with Gasteiger partial charge in [-0.2, -0.15) is 11.8 Å². The van der Waals surface area contributed by atoms with Crippen LogP contribution in [0.1, 0.15) is 13.3 Å². The smallest absolute Gasteiger partial charge is 0.243 e. The van der Waals surface area contributed by atoms with Crippen molar-refractivity contribution < 1.29 is 13.2 Å². The molecule has 0 radical (unpaired) electrons. The van der Waals surface area contributed by atoms with E-state index < -0.39 is 15.3 Å². The largest absolute Gasteiger partial charge is 0.355 e. The van der Waals surface area contributed by atoms with Crippen LogP contribution in [0.25, 0.3) is 0 Å². The van der Waals surface area contributed by atoms with Gasteiger partial charge in [-0.1, -0.05) is 6.92 Å². The minimum atomic E-state index is -3.30. The zero-order valence-electron chi connectivity index (χ0n) is 14.9. The maximum absolute atomic E-state index is 12.2. The van der Waals surface area contributed by atoms with Crippen LogP contribution in [0.5, 0.6) is 0 Å². The Morgan fingerprint density at radius 3 is 2.71 bits per heavy atom. The molecule has 1 unspecified atom stereocenters. The van der Waals surface area contributed by atoms with Gasteiger partial charge >= 0.3 is 0 Å². The quantitative estimate of drug-likeness (QED) is 0.332. The van der Waals surface area contributed by atoms with Crippen molar-refractivity contribution in [2.75, 3.05) is 58.8 Å². The van der Waals surface area contributed by atoms with E-state index in [1.807, 2.05) is 11.2 Å². The number of aliphatic imine (C=N–C) groups is 1. The van der Waals surface area contributed by atoms with E-state index in [-0.39, 0.29) is 12.5 Å². The summed E-state index contributed by atoms with van der Waals surface area (Å²) in [7, 11) is 0.0760. The number of carbonyl (C=O) groups is 1. The van der Waals surface area contributed by atoms with E-state index in [1.165, 1.54) is 4.90 Å². The molecule has 0 spiro atoms. The predicted octanol–water partition coefficient (Wildman–Crippen LogP) is -0.603. The number of rotatable bonds is 8. The van der Waals surface area contributed by atoms with Gasteiger partial charge in [0.15, 0.2) is 5.96 Å². The number of nitrogens with zero attached hydrogens (tertiary/aromatic N) is 3. The van der Waals surface area contributed by atoms with Crippen molar-refractivity contribution in [1.29, 1.82) is 0 Å². The van der Waals surface area contributed by atoms with Crippen LogP contribution in [0.4, 0.5) is 0 Å². The number of amides is 1. The van der Waals surface area contributed by atoms with Crippen molar-refractivity contribution >= 4 is 33.7 Å². The molecule has 1 aliphatic heterocycles. The number of hydrogen-bond donors (Lipinski definition) is 2. The van der Waals surface area contributed by atoms with Crippen molar-refractivity contribution in [1.82, 2.24) is 19.8 Å². The SMILES string of the molecule is CCNS(=O)(=O)C1CCN(C(=NCC(=O)N(C)C)NCCSC)C1. The fourth-order valence-electron chi connectivity index (χ4n) is 2.31. The molecule has 1 aliphatic rings. The minimum Gasteiger partial charge on any atom is -0.355 e. The zero-order chi connectivity index (χ0) is 18.2. The summed E-state index contributed by atoms with van der Waals surface area (Å²) in [5.74, 6) is 1.43. The highest BCUT2D eigenvalue weighted by Gasteiger charge is 2.34. The molecule has 140 valence electrons. The van der Waals surface area contributed by atoms with E-state index in [0.29, 0.717) is 32.0 Å². The summed E-state index contributed by atoms with van der Waals surface area (Å²) in [6.45, 7) is 3.93. The number of nitrogens with one attached hydrogen (secondary N) is 2. The Bertz CT molecular complexity index is 537. The van der Waals surface area contributed by atoms with Crippen LogP contribution < -0.4 is 10.0 Å². The molecule has 1 saturated heterocycles. The van der Waals surface area contributed by atoms with Crippen LogP contribution in [-0.4, -0.2) is 94.2 Å². The highest BCUT2D eigenvalue weighted by molar-refractivity contribution is 7.98. The topological polar surface area (TPSA) is 94.1 Å². The van der Waals surface area contributed by atoms with Crippen molar-refractivity contribution in [2.24, 2.45) is 4.99 Å². The molecule has 2 N–H and O–H groups in total. The van der Waals surface area contributed by atoms with Crippen molar-refractivity contribution in [2.45, 2.75) is 18.6 Å². The molecule has 10 heteroatoms. The summed E-state index contributed by atoms with van der Waals surface area (Å²) in [5.41, 5.74) is 0. The average molecular weight is 380 g/mol. The van der Waals surface area contributed by atoms with Gasteiger partial charge in [0.05, 0.1) is 5.25 Å². The maximum Gasteiger partial charge on any atom is 0.243 e. The average Bonchev–Trinajstić information content (AvgIpc) is 3.01. The van der Waals surface area contributed by atoms with Gasteiger partial charge in [0.2, 0.25) is 15.9 Å². The molecule has 1 amide bonds. The molecule has 8 nitrogen and oxygen atoms in total. The molecule has 0 aromatic carbocycles. The number of hydrogen-bond acceptors (Lipinski definition) is 5. The normalized spacial score (nSPS) is 18.8. The minimum absolute atomic E-state index is 0.0513. The molecule has 1 rings (SSSR count). The van der Waals surface area contributed by atoms with Crippen molar-refractivity contribution in [3.63, 3.8) is 0 Å². The number of guanidine groups is 1. The van der Waals surface area contributed by atoms with E-state index in [1.54, 1.807) is 32.8 Å². The second-order valence-electron chi connectivity index (χ2n) is 5.75. The lowest BCUT2D eigenvalue weighted by Gasteiger charge is -2.22. The van der Waals surface area contributed by atoms with Gasteiger partial charge in [0, 0.05) is 46.0 Å². The van der Waals surface area contributed by atoms with E-state index in [0.717, 1.165) is 12.3 Å². The van der Waals surface area contributed by atoms with E-state index in [9.17, 15) is 13.2 Å². The first kappa shape index (κ1) is 21.0. The van der Waals surface area contributed by atoms with Crippen LogP contribution in [-0.2, 0) is 14.8 Å². The number of likely N-dealkylation sites (N-methyl/N-ethyl adjacent to an activating group) is 1. The zero-order valence-corrected chi connectivity index (χ0v) is 16.5. The highest BCUT2D eigenvalue weighted by atomic mass is 32.2. The van der Waals surface area contributed by atoms with Gasteiger partial charge < -0.3 is 15.1 Å². The monoisotopic (exact) mass is 379 g/mol. The summed E-state index contributed by atoms with van der Waals surface area (Å²) in [4.78, 5) is 19.6. The number of likely N-dealkylation sites (tertiary alicyclic amines) is 1. The Balaban J connectivity index is 2.76. The standard InChI is InChI=1S/C14H29N5O3S2/c1-5-17-24(21,22)12-6-8-19(11-12)14(15-7-9-23-4)16-10-13(20)18(2)3/h12,17H,5-11H2,1-4H3,(H,15,16). The molecular weight excluding hydrogens is 350 g/mol. The molecule has 0 bridgehead atoms. The first-order valence-corrected chi connectivity index (χ1v) is 11.0. The summed E-state index contributed by atoms with van der Waals surface area (Å²) >= 11 is 1.71. The first-order chi connectivity index (χ1) is 11.3. The lowest BCUT2D eigenvalue weighted by molar-refractivity contribution is -0.127. The van der Waals surface area contributed by atoms with E-state index in [2.05, 4.69) is 15.0 Å². The van der Waals surface area contributed by atoms with Gasteiger partial charge in [-0.3, -0.25) is 4.79 Å². The summed E-state index contributed by atoms with van der Waals surface area (Å²) < 4.78 is 26.9. The summed E-state index contributed by atoms with van der Waals surface area (Å²) in [6.07, 6.45) is 2.57. The first-order valence-electron chi connectivity index (χ1n) is 8.02. The molecule has 1 heterocycles. The molecule has 0 aliphatic carbocycles. The molecular formula is C14H29N5O3S2. The third-order valence-corrected chi connectivity index (χ3v) is 6.25. The Kier molecular flexibility index (Phi) is 8.85. The lowest BCUT2D eigenvalue weighted by atomic mass is 10.4. The molecule has 1 fully saturated rings. The van der Waals surface area contributed by atoms with Crippen molar-refractivity contribution in [3.8, 4) is 0 Å². The fraction of sp³-hybridized carbons (Fsp3) is 0.857.